The van der Waals surface area contributed by atoms with Crippen LogP contribution in [0.1, 0.15) is 51.0 Å². The summed E-state index contributed by atoms with van der Waals surface area (Å²) in [6.45, 7) is 1.30. The maximum absolute atomic E-state index is 12.1. The SMILES string of the molecule is CC(OC(=O)COc1ccc2c(c1)CCC(=O)N2)C(=O)NC1CCCCC1. The minimum absolute atomic E-state index is 0.000220. The minimum atomic E-state index is -0.846. The van der Waals surface area contributed by atoms with Gasteiger partial charge in [0.15, 0.2) is 12.7 Å². The van der Waals surface area contributed by atoms with E-state index in [0.717, 1.165) is 36.9 Å². The molecule has 27 heavy (non-hydrogen) atoms. The van der Waals surface area contributed by atoms with Gasteiger partial charge in [0.05, 0.1) is 0 Å². The molecule has 7 nitrogen and oxygen atoms in total. The van der Waals surface area contributed by atoms with Crippen molar-refractivity contribution < 1.29 is 23.9 Å². The molecule has 1 atom stereocenters. The standard InChI is InChI=1S/C20H26N2O5/c1-13(20(25)21-15-5-3-2-4-6-15)27-19(24)12-26-16-8-9-17-14(11-16)7-10-18(23)22-17/h8-9,11,13,15H,2-7,10,12H2,1H3,(H,21,25)(H,22,23). The molecule has 0 spiro atoms. The summed E-state index contributed by atoms with van der Waals surface area (Å²) in [5.41, 5.74) is 1.75. The van der Waals surface area contributed by atoms with E-state index in [9.17, 15) is 14.4 Å². The maximum atomic E-state index is 12.1. The summed E-state index contributed by atoms with van der Waals surface area (Å²) in [4.78, 5) is 35.5. The third kappa shape index (κ3) is 5.45. The third-order valence-corrected chi connectivity index (χ3v) is 4.96. The fourth-order valence-corrected chi connectivity index (χ4v) is 3.44. The number of esters is 1. The van der Waals surface area contributed by atoms with Gasteiger partial charge in [-0.15, -0.1) is 0 Å². The lowest BCUT2D eigenvalue weighted by Crippen LogP contribution is -2.43. The Bertz CT molecular complexity index is 712. The van der Waals surface area contributed by atoms with Crippen LogP contribution in [0.3, 0.4) is 0 Å². The Kier molecular flexibility index (Phi) is 6.32. The lowest BCUT2D eigenvalue weighted by molar-refractivity contribution is -0.156. The summed E-state index contributed by atoms with van der Waals surface area (Å²) >= 11 is 0. The van der Waals surface area contributed by atoms with E-state index in [1.54, 1.807) is 25.1 Å². The van der Waals surface area contributed by atoms with Gasteiger partial charge in [-0.25, -0.2) is 4.79 Å². The van der Waals surface area contributed by atoms with Gasteiger partial charge in [0.1, 0.15) is 5.75 Å². The Labute approximate surface area is 158 Å². The van der Waals surface area contributed by atoms with Crippen LogP contribution in [0.2, 0.25) is 0 Å². The van der Waals surface area contributed by atoms with E-state index in [2.05, 4.69) is 10.6 Å². The first-order valence-corrected chi connectivity index (χ1v) is 9.56. The molecule has 1 heterocycles. The molecule has 1 aliphatic heterocycles. The number of anilines is 1. The van der Waals surface area contributed by atoms with Gasteiger partial charge in [-0.2, -0.15) is 0 Å². The van der Waals surface area contributed by atoms with E-state index in [4.69, 9.17) is 9.47 Å². The number of hydrogen-bond donors (Lipinski definition) is 2. The molecule has 3 rings (SSSR count). The highest BCUT2D eigenvalue weighted by Crippen LogP contribution is 2.26. The Morgan fingerprint density at radius 1 is 1.22 bits per heavy atom. The molecule has 0 saturated heterocycles. The van der Waals surface area contributed by atoms with Crippen LogP contribution < -0.4 is 15.4 Å². The van der Waals surface area contributed by atoms with Crippen molar-refractivity contribution in [1.29, 1.82) is 0 Å². The van der Waals surface area contributed by atoms with Crippen molar-refractivity contribution in [3.05, 3.63) is 23.8 Å². The zero-order valence-corrected chi connectivity index (χ0v) is 15.6. The Hall–Kier alpha value is -2.57. The molecule has 2 N–H and O–H groups in total. The predicted octanol–water partition coefficient (Wildman–Crippen LogP) is 2.33. The van der Waals surface area contributed by atoms with Crippen molar-refractivity contribution in [2.45, 2.75) is 64.0 Å². The molecule has 0 aromatic heterocycles. The van der Waals surface area contributed by atoms with Crippen molar-refractivity contribution >= 4 is 23.5 Å². The van der Waals surface area contributed by atoms with Crippen molar-refractivity contribution in [3.8, 4) is 5.75 Å². The van der Waals surface area contributed by atoms with Gasteiger partial charge in [0.25, 0.3) is 5.91 Å². The number of fused-ring (bicyclic) bond motifs is 1. The lowest BCUT2D eigenvalue weighted by Gasteiger charge is -2.24. The fraction of sp³-hybridized carbons (Fsp3) is 0.550. The molecule has 146 valence electrons. The second kappa shape index (κ2) is 8.88. The quantitative estimate of drug-likeness (QED) is 0.746. The van der Waals surface area contributed by atoms with Gasteiger partial charge in [-0.1, -0.05) is 19.3 Å². The van der Waals surface area contributed by atoms with E-state index < -0.39 is 12.1 Å². The topological polar surface area (TPSA) is 93.7 Å². The van der Waals surface area contributed by atoms with Crippen molar-refractivity contribution in [2.75, 3.05) is 11.9 Å². The Morgan fingerprint density at radius 3 is 2.78 bits per heavy atom. The number of benzene rings is 1. The number of ether oxygens (including phenoxy) is 2. The van der Waals surface area contributed by atoms with Crippen LogP contribution in [-0.4, -0.2) is 36.5 Å². The number of hydrogen-bond acceptors (Lipinski definition) is 5. The summed E-state index contributed by atoms with van der Waals surface area (Å²) in [7, 11) is 0. The molecule has 2 aliphatic rings. The molecule has 2 amide bonds. The largest absolute Gasteiger partial charge is 0.482 e. The molecule has 1 aromatic carbocycles. The zero-order chi connectivity index (χ0) is 19.2. The van der Waals surface area contributed by atoms with Gasteiger partial charge >= 0.3 is 5.97 Å². The first kappa shape index (κ1) is 19.2. The fourth-order valence-electron chi connectivity index (χ4n) is 3.44. The predicted molar refractivity (Wildman–Crippen MR) is 99.5 cm³/mol. The summed E-state index contributed by atoms with van der Waals surface area (Å²) in [5.74, 6) is -0.325. The molecule has 1 fully saturated rings. The van der Waals surface area contributed by atoms with Gasteiger partial charge in [-0.3, -0.25) is 9.59 Å². The summed E-state index contributed by atoms with van der Waals surface area (Å²) in [5, 5.41) is 5.74. The van der Waals surface area contributed by atoms with Crippen LogP contribution in [0, 0.1) is 0 Å². The van der Waals surface area contributed by atoms with Crippen LogP contribution >= 0.6 is 0 Å². The lowest BCUT2D eigenvalue weighted by atomic mass is 9.95. The normalized spacial score (nSPS) is 18.0. The van der Waals surface area contributed by atoms with E-state index >= 15 is 0 Å². The molecule has 1 aliphatic carbocycles. The molecule has 7 heteroatoms. The number of aryl methyl sites for hydroxylation is 1. The number of nitrogens with one attached hydrogen (secondary N) is 2. The van der Waals surface area contributed by atoms with Gasteiger partial charge in [0, 0.05) is 18.2 Å². The smallest absolute Gasteiger partial charge is 0.344 e. The maximum Gasteiger partial charge on any atom is 0.344 e. The first-order chi connectivity index (χ1) is 13.0. The molecular formula is C20H26N2O5. The van der Waals surface area contributed by atoms with Crippen LogP contribution in [-0.2, 0) is 25.5 Å². The molecular weight excluding hydrogens is 348 g/mol. The second-order valence-electron chi connectivity index (χ2n) is 7.13. The number of rotatable bonds is 6. The Morgan fingerprint density at radius 2 is 2.00 bits per heavy atom. The van der Waals surface area contributed by atoms with Crippen LogP contribution in [0.5, 0.6) is 5.75 Å². The average molecular weight is 374 g/mol. The summed E-state index contributed by atoms with van der Waals surface area (Å²) in [6, 6.07) is 5.44. The summed E-state index contributed by atoms with van der Waals surface area (Å²) < 4.78 is 10.6. The van der Waals surface area contributed by atoms with E-state index in [1.807, 2.05) is 0 Å². The van der Waals surface area contributed by atoms with E-state index in [-0.39, 0.29) is 24.5 Å². The monoisotopic (exact) mass is 374 g/mol. The van der Waals surface area contributed by atoms with Crippen LogP contribution in [0.25, 0.3) is 0 Å². The van der Waals surface area contributed by atoms with Crippen molar-refractivity contribution in [1.82, 2.24) is 5.32 Å². The van der Waals surface area contributed by atoms with Crippen LogP contribution in [0.4, 0.5) is 5.69 Å². The molecule has 1 unspecified atom stereocenters. The number of amides is 2. The van der Waals surface area contributed by atoms with Gasteiger partial charge < -0.3 is 20.1 Å². The molecule has 0 bridgehead atoms. The number of carbonyl (C=O) groups is 3. The van der Waals surface area contributed by atoms with Crippen molar-refractivity contribution in [3.63, 3.8) is 0 Å². The van der Waals surface area contributed by atoms with Gasteiger partial charge in [0.2, 0.25) is 5.91 Å². The average Bonchev–Trinajstić information content (AvgIpc) is 2.67. The third-order valence-electron chi connectivity index (χ3n) is 4.96. The van der Waals surface area contributed by atoms with Crippen molar-refractivity contribution in [2.24, 2.45) is 0 Å². The Balaban J connectivity index is 1.43. The van der Waals surface area contributed by atoms with E-state index in [1.165, 1.54) is 6.42 Å². The molecule has 0 radical (unpaired) electrons. The first-order valence-electron chi connectivity index (χ1n) is 9.56. The summed E-state index contributed by atoms with van der Waals surface area (Å²) in [6.07, 6.45) is 5.65. The van der Waals surface area contributed by atoms with Crippen LogP contribution in [0.15, 0.2) is 18.2 Å². The second-order valence-corrected chi connectivity index (χ2v) is 7.13. The minimum Gasteiger partial charge on any atom is -0.482 e. The highest BCUT2D eigenvalue weighted by Gasteiger charge is 2.22. The van der Waals surface area contributed by atoms with E-state index in [0.29, 0.717) is 18.6 Å². The number of carbonyl (C=O) groups excluding carboxylic acids is 3. The zero-order valence-electron chi connectivity index (χ0n) is 15.6. The molecule has 1 aromatic rings. The highest BCUT2D eigenvalue weighted by atomic mass is 16.6. The molecule has 1 saturated carbocycles. The highest BCUT2D eigenvalue weighted by molar-refractivity contribution is 5.94. The van der Waals surface area contributed by atoms with Gasteiger partial charge in [-0.05, 0) is 49.9 Å².